The van der Waals surface area contributed by atoms with Gasteiger partial charge < -0.3 is 20.2 Å². The lowest BCUT2D eigenvalue weighted by Crippen LogP contribution is -2.67. The monoisotopic (exact) mass is 684 g/mol. The first-order chi connectivity index (χ1) is 24.5. The fourth-order valence-electron chi connectivity index (χ4n) is 12.5. The van der Waals surface area contributed by atoms with Crippen LogP contribution in [0.15, 0.2) is 103 Å². The average Bonchev–Trinajstić information content (AvgIpc) is 3.42. The van der Waals surface area contributed by atoms with Crippen LogP contribution < -0.4 is 4.90 Å². The van der Waals surface area contributed by atoms with Crippen LogP contribution in [0.4, 0.5) is 5.69 Å². The van der Waals surface area contributed by atoms with Gasteiger partial charge in [0, 0.05) is 60.1 Å². The van der Waals surface area contributed by atoms with Gasteiger partial charge in [-0.1, -0.05) is 98.8 Å². The lowest BCUT2D eigenvalue weighted by Gasteiger charge is -2.71. The summed E-state index contributed by atoms with van der Waals surface area (Å²) >= 11 is 0. The summed E-state index contributed by atoms with van der Waals surface area (Å²) < 4.78 is 0. The Morgan fingerprint density at radius 2 is 1.45 bits per heavy atom. The van der Waals surface area contributed by atoms with Crippen LogP contribution in [0.3, 0.4) is 0 Å². The topological polar surface area (TPSA) is 84.2 Å². The van der Waals surface area contributed by atoms with E-state index in [0.29, 0.717) is 18.7 Å². The molecule has 1 heterocycles. The van der Waals surface area contributed by atoms with Crippen LogP contribution in [0.5, 0.6) is 5.75 Å². The Hall–Kier alpha value is -3.71. The second-order valence-electron chi connectivity index (χ2n) is 17.3. The van der Waals surface area contributed by atoms with Gasteiger partial charge in [-0.05, 0) is 85.5 Å². The number of piperazine rings is 1. The Morgan fingerprint density at radius 3 is 2.24 bits per heavy atom. The number of anilines is 1. The molecule has 8 atom stereocenters. The van der Waals surface area contributed by atoms with E-state index < -0.39 is 11.0 Å². The van der Waals surface area contributed by atoms with Crippen molar-refractivity contribution in [2.45, 2.75) is 70.5 Å². The number of carbonyl (C=O) groups excluding carboxylic acids is 1. The number of carbonyl (C=O) groups is 1. The fraction of sp³-hybridized carbons (Fsp3) is 0.489. The largest absolute Gasteiger partial charge is 0.506 e. The molecule has 0 amide bonds. The molecule has 0 aromatic heterocycles. The lowest BCUT2D eigenvalue weighted by molar-refractivity contribution is -0.176. The fourth-order valence-corrected chi connectivity index (χ4v) is 12.5. The number of phenols is 1. The van der Waals surface area contributed by atoms with Crippen molar-refractivity contribution in [1.82, 2.24) is 4.90 Å². The van der Waals surface area contributed by atoms with Gasteiger partial charge in [-0.25, -0.2) is 0 Å². The van der Waals surface area contributed by atoms with Crippen LogP contribution in [0.1, 0.15) is 69.2 Å². The van der Waals surface area contributed by atoms with Crippen molar-refractivity contribution < 1.29 is 20.1 Å². The number of β-amino-alcohol motifs (C(OH)–C–C–N with tert-alkyl or cyclic N) is 1. The molecule has 1 aliphatic heterocycles. The Kier molecular flexibility index (Phi) is 7.57. The number of phenolic OH excluding ortho intramolecular Hbond substituents is 1. The van der Waals surface area contributed by atoms with Crippen molar-refractivity contribution in [3.63, 3.8) is 0 Å². The van der Waals surface area contributed by atoms with Gasteiger partial charge in [-0.2, -0.15) is 0 Å². The second-order valence-corrected chi connectivity index (χ2v) is 17.3. The first-order valence-electron chi connectivity index (χ1n) is 19.3. The molecule has 3 aromatic rings. The molecule has 3 saturated carbocycles. The number of hydrogen-bond donors (Lipinski definition) is 3. The maximum absolute atomic E-state index is 15.4. The number of Topliss-reactive ketones (excluding diaryl/α,β-unsaturated/α-hetero) is 1. The number of benzene rings is 3. The average molecular weight is 685 g/mol. The van der Waals surface area contributed by atoms with Gasteiger partial charge in [-0.3, -0.25) is 9.69 Å². The summed E-state index contributed by atoms with van der Waals surface area (Å²) in [7, 11) is 0. The molecule has 7 aliphatic rings. The molecule has 6 heteroatoms. The molecule has 3 aromatic carbocycles. The van der Waals surface area contributed by atoms with E-state index in [1.165, 1.54) is 0 Å². The lowest BCUT2D eigenvalue weighted by atomic mass is 9.32. The summed E-state index contributed by atoms with van der Waals surface area (Å²) in [6.45, 7) is 8.67. The number of aliphatic hydroxyl groups is 2. The Bertz CT molecular complexity index is 1920. The summed E-state index contributed by atoms with van der Waals surface area (Å²) in [4.78, 5) is 20.1. The molecule has 2 spiro atoms. The molecule has 266 valence electrons. The molecule has 4 fully saturated rings. The van der Waals surface area contributed by atoms with Gasteiger partial charge in [0.2, 0.25) is 0 Å². The minimum absolute atomic E-state index is 0.0644. The highest BCUT2D eigenvalue weighted by Gasteiger charge is 2.74. The van der Waals surface area contributed by atoms with E-state index in [0.717, 1.165) is 92.7 Å². The maximum atomic E-state index is 15.4. The van der Waals surface area contributed by atoms with E-state index in [4.69, 9.17) is 0 Å². The number of allylic oxidation sites excluding steroid dienone is 4. The number of aliphatic hydroxyl groups excluding tert-OH is 1. The highest BCUT2D eigenvalue weighted by Crippen LogP contribution is 2.78. The molecule has 2 bridgehead atoms. The molecular weight excluding hydrogens is 633 g/mol. The van der Waals surface area contributed by atoms with Crippen molar-refractivity contribution in [1.29, 1.82) is 0 Å². The quantitative estimate of drug-likeness (QED) is 0.183. The smallest absolute Gasteiger partial charge is 0.190 e. The van der Waals surface area contributed by atoms with Crippen LogP contribution in [0.2, 0.25) is 0 Å². The number of nitrogens with zero attached hydrogens (tertiary/aromatic N) is 2. The third-order valence-corrected chi connectivity index (χ3v) is 15.3. The van der Waals surface area contributed by atoms with E-state index in [9.17, 15) is 15.3 Å². The maximum Gasteiger partial charge on any atom is 0.190 e. The molecule has 3 N–H and O–H groups in total. The third-order valence-electron chi connectivity index (χ3n) is 15.3. The molecule has 6 aliphatic carbocycles. The van der Waals surface area contributed by atoms with Crippen LogP contribution in [0, 0.1) is 33.5 Å². The van der Waals surface area contributed by atoms with E-state index >= 15 is 4.79 Å². The van der Waals surface area contributed by atoms with Gasteiger partial charge >= 0.3 is 0 Å². The van der Waals surface area contributed by atoms with Gasteiger partial charge in [0.15, 0.2) is 5.78 Å². The molecular formula is C45H52N2O4. The van der Waals surface area contributed by atoms with E-state index in [1.807, 2.05) is 54.6 Å². The molecule has 1 saturated heterocycles. The van der Waals surface area contributed by atoms with E-state index in [2.05, 4.69) is 60.1 Å². The number of ketones is 1. The van der Waals surface area contributed by atoms with Crippen LogP contribution in [-0.2, 0) is 0 Å². The van der Waals surface area contributed by atoms with E-state index in [1.54, 1.807) is 6.07 Å². The Labute approximate surface area is 302 Å². The summed E-state index contributed by atoms with van der Waals surface area (Å²) in [5, 5.41) is 34.5. The van der Waals surface area contributed by atoms with Gasteiger partial charge in [0.25, 0.3) is 0 Å². The number of para-hydroxylation sites is 2. The number of hydrogen-bond acceptors (Lipinski definition) is 6. The highest BCUT2D eigenvalue weighted by atomic mass is 16.3. The van der Waals surface area contributed by atoms with Gasteiger partial charge in [0.1, 0.15) is 5.75 Å². The summed E-state index contributed by atoms with van der Waals surface area (Å²) in [6.07, 6.45) is 12.7. The van der Waals surface area contributed by atoms with Crippen LogP contribution >= 0.6 is 0 Å². The molecule has 8 unspecified atom stereocenters. The zero-order valence-corrected chi connectivity index (χ0v) is 30.1. The predicted octanol–water partition coefficient (Wildman–Crippen LogP) is 7.66. The van der Waals surface area contributed by atoms with Crippen LogP contribution in [-0.4, -0.2) is 70.4 Å². The first kappa shape index (κ1) is 33.1. The SMILES string of the molecule is CC12CCC(O)CC13C=CC1(C(C(=O)c4ccccc4-c4ccccc4)=C3)C2CCC2(C)C1CCC2(O)CN1CCN(c2ccccc2O)CC1. The normalized spacial score (nSPS) is 38.5. The minimum atomic E-state index is -0.881. The van der Waals surface area contributed by atoms with Gasteiger partial charge in [0.05, 0.1) is 17.4 Å². The van der Waals surface area contributed by atoms with Crippen molar-refractivity contribution in [3.05, 3.63) is 108 Å². The standard InChI is InChI=1S/C45H52N2O4/c1-41-19-16-32(48)28-43(41)22-23-45(35(29-43)40(50)34-13-7-6-12-33(34)31-10-4-3-5-11-31)38(41)17-20-42(2)39(45)18-21-44(42,51)30-46-24-26-47(27-25-46)36-14-8-9-15-37(36)49/h3-15,22-23,29,32,38-39,48-49,51H,16-21,24-28,30H2,1-2H3. The number of aromatic hydroxyl groups is 1. The van der Waals surface area contributed by atoms with Crippen molar-refractivity contribution in [2.24, 2.45) is 33.5 Å². The Morgan fingerprint density at radius 1 is 0.784 bits per heavy atom. The molecule has 6 nitrogen and oxygen atoms in total. The zero-order chi connectivity index (χ0) is 35.2. The number of fused-ring (bicyclic) bond motifs is 1. The van der Waals surface area contributed by atoms with Gasteiger partial charge in [-0.15, -0.1) is 0 Å². The van der Waals surface area contributed by atoms with Crippen LogP contribution in [0.25, 0.3) is 11.1 Å². The number of rotatable bonds is 6. The second kappa shape index (κ2) is 11.6. The van der Waals surface area contributed by atoms with Crippen molar-refractivity contribution in [2.75, 3.05) is 37.6 Å². The molecule has 51 heavy (non-hydrogen) atoms. The van der Waals surface area contributed by atoms with Crippen molar-refractivity contribution in [3.8, 4) is 16.9 Å². The molecule has 0 radical (unpaired) electrons. The van der Waals surface area contributed by atoms with Crippen molar-refractivity contribution >= 4 is 11.5 Å². The minimum Gasteiger partial charge on any atom is -0.506 e. The predicted molar refractivity (Wildman–Crippen MR) is 202 cm³/mol. The summed E-state index contributed by atoms with van der Waals surface area (Å²) in [5.41, 5.74) is 2.34. The summed E-state index contributed by atoms with van der Waals surface area (Å²) in [6, 6.07) is 25.9. The molecule has 10 rings (SSSR count). The highest BCUT2D eigenvalue weighted by molar-refractivity contribution is 6.14. The third kappa shape index (κ3) is 4.61. The van der Waals surface area contributed by atoms with E-state index in [-0.39, 0.29) is 40.0 Å². The summed E-state index contributed by atoms with van der Waals surface area (Å²) in [5.74, 6) is 0.798. The Balaban J connectivity index is 1.09. The first-order valence-corrected chi connectivity index (χ1v) is 19.3. The zero-order valence-electron chi connectivity index (χ0n) is 30.1.